The van der Waals surface area contributed by atoms with Gasteiger partial charge >= 0.3 is 0 Å². The number of aliphatic hydroxyl groups is 1. The second-order valence-electron chi connectivity index (χ2n) is 5.15. The molecule has 0 spiro atoms. The van der Waals surface area contributed by atoms with Crippen LogP contribution in [0.3, 0.4) is 0 Å². The summed E-state index contributed by atoms with van der Waals surface area (Å²) in [5, 5.41) is 14.0. The Balaban J connectivity index is 1.67. The maximum absolute atomic E-state index is 9.99. The molecule has 0 radical (unpaired) electrons. The molecule has 1 atom stereocenters. The molecule has 2 rings (SSSR count). The first kappa shape index (κ1) is 15.6. The van der Waals surface area contributed by atoms with Crippen LogP contribution in [0.5, 0.6) is 0 Å². The van der Waals surface area contributed by atoms with Gasteiger partial charge < -0.3 is 9.84 Å². The lowest BCUT2D eigenvalue weighted by Gasteiger charge is -2.20. The van der Waals surface area contributed by atoms with Crippen LogP contribution in [0.15, 0.2) is 36.7 Å². The van der Waals surface area contributed by atoms with Crippen LogP contribution in [0.4, 0.5) is 0 Å². The fourth-order valence-electron chi connectivity index (χ4n) is 2.07. The van der Waals surface area contributed by atoms with Crippen LogP contribution in [-0.4, -0.2) is 51.1 Å². The minimum absolute atomic E-state index is 0.318. The standard InChI is InChI=1S/C15H22N4O2/c1-18(9-15-16-12-17-19(15)2)8-14(20)11-21-10-13-6-4-3-5-7-13/h3-7,12,14,20H,8-11H2,1-2H3. The molecule has 0 aliphatic carbocycles. The molecule has 1 aromatic heterocycles. The minimum atomic E-state index is -0.521. The number of nitrogens with zero attached hydrogens (tertiary/aromatic N) is 4. The molecule has 0 aliphatic rings. The van der Waals surface area contributed by atoms with Gasteiger partial charge in [-0.15, -0.1) is 0 Å². The number of aromatic nitrogens is 3. The number of aliphatic hydroxyl groups excluding tert-OH is 1. The van der Waals surface area contributed by atoms with E-state index in [4.69, 9.17) is 4.74 Å². The number of rotatable bonds is 8. The predicted octanol–water partition coefficient (Wildman–Crippen LogP) is 0.825. The van der Waals surface area contributed by atoms with E-state index in [-0.39, 0.29) is 0 Å². The molecule has 0 saturated carbocycles. The number of hydrogen-bond acceptors (Lipinski definition) is 5. The third-order valence-corrected chi connectivity index (χ3v) is 3.16. The van der Waals surface area contributed by atoms with Crippen molar-refractivity contribution in [2.75, 3.05) is 20.2 Å². The Bertz CT molecular complexity index is 529. The zero-order valence-electron chi connectivity index (χ0n) is 12.5. The summed E-state index contributed by atoms with van der Waals surface area (Å²) in [6.07, 6.45) is 1.01. The van der Waals surface area contributed by atoms with Crippen LogP contribution in [0.1, 0.15) is 11.4 Å². The molecule has 1 aromatic carbocycles. The van der Waals surface area contributed by atoms with E-state index < -0.39 is 6.10 Å². The first-order valence-corrected chi connectivity index (χ1v) is 6.96. The van der Waals surface area contributed by atoms with Gasteiger partial charge in [0, 0.05) is 13.6 Å². The highest BCUT2D eigenvalue weighted by Crippen LogP contribution is 2.02. The van der Waals surface area contributed by atoms with Gasteiger partial charge in [0.1, 0.15) is 12.2 Å². The Morgan fingerprint density at radius 3 is 2.76 bits per heavy atom. The number of benzene rings is 1. The number of aryl methyl sites for hydroxylation is 1. The topological polar surface area (TPSA) is 63.4 Å². The fourth-order valence-corrected chi connectivity index (χ4v) is 2.07. The van der Waals surface area contributed by atoms with Crippen molar-refractivity contribution in [2.24, 2.45) is 7.05 Å². The molecule has 114 valence electrons. The Kier molecular flexibility index (Phi) is 5.86. The lowest BCUT2D eigenvalue weighted by atomic mass is 10.2. The number of likely N-dealkylation sites (N-methyl/N-ethyl adjacent to an activating group) is 1. The van der Waals surface area contributed by atoms with E-state index in [0.29, 0.717) is 26.3 Å². The first-order chi connectivity index (χ1) is 10.1. The van der Waals surface area contributed by atoms with E-state index >= 15 is 0 Å². The molecule has 1 heterocycles. The number of ether oxygens (including phenoxy) is 1. The second-order valence-corrected chi connectivity index (χ2v) is 5.15. The quantitative estimate of drug-likeness (QED) is 0.780. The van der Waals surface area contributed by atoms with Crippen molar-refractivity contribution in [3.63, 3.8) is 0 Å². The smallest absolute Gasteiger partial charge is 0.140 e. The molecule has 2 aromatic rings. The van der Waals surface area contributed by atoms with E-state index in [9.17, 15) is 5.11 Å². The molecule has 0 saturated heterocycles. The van der Waals surface area contributed by atoms with Gasteiger partial charge in [0.25, 0.3) is 0 Å². The molecule has 1 unspecified atom stereocenters. The van der Waals surface area contributed by atoms with Crippen LogP contribution >= 0.6 is 0 Å². The second kappa shape index (κ2) is 7.87. The normalized spacial score (nSPS) is 12.8. The maximum Gasteiger partial charge on any atom is 0.140 e. The molecule has 21 heavy (non-hydrogen) atoms. The molecule has 0 amide bonds. The van der Waals surface area contributed by atoms with Crippen molar-refractivity contribution in [1.29, 1.82) is 0 Å². The molecule has 6 nitrogen and oxygen atoms in total. The maximum atomic E-state index is 9.99. The third-order valence-electron chi connectivity index (χ3n) is 3.16. The molecular formula is C15H22N4O2. The zero-order chi connectivity index (χ0) is 15.1. The van der Waals surface area contributed by atoms with Gasteiger partial charge in [-0.05, 0) is 12.6 Å². The summed E-state index contributed by atoms with van der Waals surface area (Å²) in [5.41, 5.74) is 1.11. The van der Waals surface area contributed by atoms with Crippen molar-refractivity contribution in [3.05, 3.63) is 48.0 Å². The van der Waals surface area contributed by atoms with Crippen molar-refractivity contribution >= 4 is 0 Å². The van der Waals surface area contributed by atoms with Gasteiger partial charge in [0.05, 0.1) is 25.9 Å². The van der Waals surface area contributed by atoms with Crippen molar-refractivity contribution < 1.29 is 9.84 Å². The summed E-state index contributed by atoms with van der Waals surface area (Å²) in [7, 11) is 3.80. The summed E-state index contributed by atoms with van der Waals surface area (Å²) in [6.45, 7) is 2.01. The highest BCUT2D eigenvalue weighted by atomic mass is 16.5. The summed E-state index contributed by atoms with van der Waals surface area (Å²) < 4.78 is 7.26. The van der Waals surface area contributed by atoms with E-state index in [2.05, 4.69) is 10.1 Å². The Morgan fingerprint density at radius 1 is 1.33 bits per heavy atom. The van der Waals surface area contributed by atoms with E-state index in [1.807, 2.05) is 49.3 Å². The highest BCUT2D eigenvalue weighted by Gasteiger charge is 2.11. The van der Waals surface area contributed by atoms with Crippen molar-refractivity contribution in [2.45, 2.75) is 19.3 Å². The molecular weight excluding hydrogens is 268 g/mol. The van der Waals surface area contributed by atoms with Gasteiger partial charge in [-0.3, -0.25) is 9.58 Å². The van der Waals surface area contributed by atoms with Crippen molar-refractivity contribution in [1.82, 2.24) is 19.7 Å². The summed E-state index contributed by atoms with van der Waals surface area (Å²) in [5.74, 6) is 0.870. The van der Waals surface area contributed by atoms with Gasteiger partial charge in [-0.1, -0.05) is 30.3 Å². The number of hydrogen-bond donors (Lipinski definition) is 1. The van der Waals surface area contributed by atoms with Gasteiger partial charge in [0.2, 0.25) is 0 Å². The predicted molar refractivity (Wildman–Crippen MR) is 79.4 cm³/mol. The van der Waals surface area contributed by atoms with Gasteiger partial charge in [-0.25, -0.2) is 4.98 Å². The molecule has 0 fully saturated rings. The molecule has 0 bridgehead atoms. The van der Waals surface area contributed by atoms with Crippen LogP contribution < -0.4 is 0 Å². The van der Waals surface area contributed by atoms with Crippen LogP contribution in [0.2, 0.25) is 0 Å². The summed E-state index contributed by atoms with van der Waals surface area (Å²) in [6, 6.07) is 9.94. The fraction of sp³-hybridized carbons (Fsp3) is 0.467. The zero-order valence-corrected chi connectivity index (χ0v) is 12.5. The average molecular weight is 290 g/mol. The van der Waals surface area contributed by atoms with Gasteiger partial charge in [-0.2, -0.15) is 5.10 Å². The molecule has 6 heteroatoms. The Labute approximate surface area is 125 Å². The SMILES string of the molecule is CN(Cc1ncnn1C)CC(O)COCc1ccccc1. The lowest BCUT2D eigenvalue weighted by molar-refractivity contribution is 0.0123. The van der Waals surface area contributed by atoms with Gasteiger partial charge in [0.15, 0.2) is 0 Å². The van der Waals surface area contributed by atoms with Crippen LogP contribution in [0.25, 0.3) is 0 Å². The van der Waals surface area contributed by atoms with E-state index in [0.717, 1.165) is 11.4 Å². The molecule has 0 aliphatic heterocycles. The monoisotopic (exact) mass is 290 g/mol. The minimum Gasteiger partial charge on any atom is -0.389 e. The van der Waals surface area contributed by atoms with E-state index in [1.165, 1.54) is 6.33 Å². The lowest BCUT2D eigenvalue weighted by Crippen LogP contribution is -2.32. The summed E-state index contributed by atoms with van der Waals surface area (Å²) in [4.78, 5) is 6.16. The highest BCUT2D eigenvalue weighted by molar-refractivity contribution is 5.13. The summed E-state index contributed by atoms with van der Waals surface area (Å²) >= 11 is 0. The van der Waals surface area contributed by atoms with Crippen LogP contribution in [0, 0.1) is 0 Å². The first-order valence-electron chi connectivity index (χ1n) is 6.96. The largest absolute Gasteiger partial charge is 0.389 e. The Morgan fingerprint density at radius 2 is 2.10 bits per heavy atom. The third kappa shape index (κ3) is 5.26. The van der Waals surface area contributed by atoms with E-state index in [1.54, 1.807) is 4.68 Å². The van der Waals surface area contributed by atoms with Crippen LogP contribution in [-0.2, 0) is 24.9 Å². The van der Waals surface area contributed by atoms with Crippen molar-refractivity contribution in [3.8, 4) is 0 Å². The molecule has 1 N–H and O–H groups in total. The Hall–Kier alpha value is -1.76. The average Bonchev–Trinajstić information content (AvgIpc) is 2.85.